The Morgan fingerprint density at radius 2 is 1.90 bits per heavy atom. The number of benzene rings is 2. The van der Waals surface area contributed by atoms with Crippen molar-refractivity contribution in [1.29, 1.82) is 5.26 Å². The summed E-state index contributed by atoms with van der Waals surface area (Å²) >= 11 is 12.0. The van der Waals surface area contributed by atoms with E-state index in [4.69, 9.17) is 23.2 Å². The van der Waals surface area contributed by atoms with Crippen LogP contribution in [0.15, 0.2) is 36.4 Å². The molecule has 12 heteroatoms. The monoisotopic (exact) mass is 457 g/mol. The fraction of sp³-hybridized carbons (Fsp3) is 0.222. The van der Waals surface area contributed by atoms with E-state index in [1.165, 1.54) is 17.8 Å². The first-order chi connectivity index (χ1) is 14.0. The summed E-state index contributed by atoms with van der Waals surface area (Å²) in [6.45, 7) is 1.34. The van der Waals surface area contributed by atoms with Gasteiger partial charge in [0.15, 0.2) is 0 Å². The Kier molecular flexibility index (Phi) is 5.78. The Hall–Kier alpha value is -3.03. The Bertz CT molecular complexity index is 1140. The lowest BCUT2D eigenvalue weighted by molar-refractivity contribution is -0.274. The maximum Gasteiger partial charge on any atom is 0.573 e. The predicted molar refractivity (Wildman–Crippen MR) is 102 cm³/mol. The fourth-order valence-corrected chi connectivity index (χ4v) is 3.10. The molecule has 156 valence electrons. The summed E-state index contributed by atoms with van der Waals surface area (Å²) < 4.78 is 40.5. The highest BCUT2D eigenvalue weighted by Gasteiger charge is 2.31. The molecular formula is C18H12Cl2F3N5O2. The average molecular weight is 458 g/mol. The molecule has 7 nitrogen and oxygen atoms in total. The third-order valence-electron chi connectivity index (χ3n) is 3.89. The maximum atomic E-state index is 12.5. The van der Waals surface area contributed by atoms with Gasteiger partial charge in [0, 0.05) is 10.6 Å². The van der Waals surface area contributed by atoms with Gasteiger partial charge in [0.2, 0.25) is 0 Å². The summed E-state index contributed by atoms with van der Waals surface area (Å²) in [5, 5.41) is 21.1. The van der Waals surface area contributed by atoms with Gasteiger partial charge in [-0.05, 0) is 43.3 Å². The van der Waals surface area contributed by atoms with Crippen LogP contribution in [-0.4, -0.2) is 32.8 Å². The summed E-state index contributed by atoms with van der Waals surface area (Å²) in [6.07, 6.45) is -4.84. The van der Waals surface area contributed by atoms with Crippen LogP contribution in [-0.2, 0) is 6.54 Å². The molecule has 3 rings (SSSR count). The quantitative estimate of drug-likeness (QED) is 0.614. The molecule has 0 saturated heterocycles. The summed E-state index contributed by atoms with van der Waals surface area (Å²) in [4.78, 5) is 13.7. The first kappa shape index (κ1) is 21.7. The number of alkyl halides is 3. The maximum absolute atomic E-state index is 12.5. The Balaban J connectivity index is 1.76. The summed E-state index contributed by atoms with van der Waals surface area (Å²) in [6, 6.07) is 9.33. The number of carbonyl (C=O) groups is 1. The lowest BCUT2D eigenvalue weighted by atomic mass is 10.0. The summed E-state index contributed by atoms with van der Waals surface area (Å²) in [5.41, 5.74) is -0.587. The topological polar surface area (TPSA) is 92.8 Å². The van der Waals surface area contributed by atoms with Crippen LogP contribution in [0.3, 0.4) is 0 Å². The zero-order chi connectivity index (χ0) is 22.1. The molecule has 0 bridgehead atoms. The van der Waals surface area contributed by atoms with Crippen molar-refractivity contribution >= 4 is 40.1 Å². The molecule has 0 fully saturated rings. The zero-order valence-electron chi connectivity index (χ0n) is 15.2. The molecule has 0 radical (unpaired) electrons. The normalized spacial score (nSPS) is 13.5. The van der Waals surface area contributed by atoms with Crippen LogP contribution in [0.2, 0.25) is 10.0 Å². The number of nitrogens with zero attached hydrogens (tertiary/aromatic N) is 4. The van der Waals surface area contributed by atoms with Crippen molar-refractivity contribution in [1.82, 2.24) is 20.3 Å². The van der Waals surface area contributed by atoms with Crippen molar-refractivity contribution in [3.05, 3.63) is 52.0 Å². The van der Waals surface area contributed by atoms with Gasteiger partial charge in [-0.3, -0.25) is 4.79 Å². The molecule has 0 saturated carbocycles. The van der Waals surface area contributed by atoms with Crippen molar-refractivity contribution < 1.29 is 22.7 Å². The van der Waals surface area contributed by atoms with Crippen LogP contribution >= 0.6 is 23.2 Å². The van der Waals surface area contributed by atoms with Gasteiger partial charge in [0.1, 0.15) is 22.3 Å². The van der Waals surface area contributed by atoms with Crippen molar-refractivity contribution in [2.45, 2.75) is 25.4 Å². The minimum absolute atomic E-state index is 0.0411. The number of amides is 1. The van der Waals surface area contributed by atoms with E-state index in [1.807, 2.05) is 6.07 Å². The number of nitriles is 1. The van der Waals surface area contributed by atoms with Crippen LogP contribution in [0, 0.1) is 11.3 Å². The molecular weight excluding hydrogens is 446 g/mol. The van der Waals surface area contributed by atoms with Crippen LogP contribution in [0.4, 0.5) is 13.2 Å². The Labute approximate surface area is 177 Å². The Morgan fingerprint density at radius 3 is 2.50 bits per heavy atom. The second kappa shape index (κ2) is 8.01. The first-order valence-electron chi connectivity index (χ1n) is 8.27. The lowest BCUT2D eigenvalue weighted by Crippen LogP contribution is -2.48. The number of aromatic nitrogens is 3. The minimum atomic E-state index is -4.84. The number of ether oxygens (including phenoxy) is 1. The predicted octanol–water partition coefficient (Wildman–Crippen LogP) is 4.35. The molecule has 3 aromatic rings. The highest BCUT2D eigenvalue weighted by molar-refractivity contribution is 6.38. The first-order valence-corrected chi connectivity index (χ1v) is 9.03. The second-order valence-corrected chi connectivity index (χ2v) is 7.30. The molecule has 1 amide bonds. The van der Waals surface area contributed by atoms with Crippen molar-refractivity contribution in [3.8, 4) is 11.8 Å². The molecule has 1 aromatic heterocycles. The smallest absolute Gasteiger partial charge is 0.406 e. The van der Waals surface area contributed by atoms with E-state index in [2.05, 4.69) is 20.3 Å². The zero-order valence-corrected chi connectivity index (χ0v) is 16.7. The minimum Gasteiger partial charge on any atom is -0.406 e. The standard InChI is InChI=1S/C18H12Cl2F3N5O2/c1-17(8-24,9-28-26-14-7-11(19)6-13(20)15(14)27-28)25-16(29)10-2-4-12(5-3-10)30-18(21,22)23/h2-7H,9H2,1H3,(H,25,29). The number of carbonyl (C=O) groups excluding carboxylic acids is 1. The number of hydrogen-bond donors (Lipinski definition) is 1. The molecule has 0 aliphatic heterocycles. The van der Waals surface area contributed by atoms with E-state index in [9.17, 15) is 23.2 Å². The molecule has 1 unspecified atom stereocenters. The largest absolute Gasteiger partial charge is 0.573 e. The number of rotatable bonds is 5. The van der Waals surface area contributed by atoms with Gasteiger partial charge in [-0.15, -0.1) is 13.2 Å². The van der Waals surface area contributed by atoms with Gasteiger partial charge in [-0.1, -0.05) is 23.2 Å². The van der Waals surface area contributed by atoms with Crippen LogP contribution in [0.5, 0.6) is 5.75 Å². The number of hydrogen-bond acceptors (Lipinski definition) is 5. The average Bonchev–Trinajstić information content (AvgIpc) is 3.03. The molecule has 1 atom stereocenters. The van der Waals surface area contributed by atoms with E-state index >= 15 is 0 Å². The van der Waals surface area contributed by atoms with Crippen molar-refractivity contribution in [2.75, 3.05) is 0 Å². The van der Waals surface area contributed by atoms with Crippen LogP contribution < -0.4 is 10.1 Å². The molecule has 30 heavy (non-hydrogen) atoms. The van der Waals surface area contributed by atoms with Crippen LogP contribution in [0.1, 0.15) is 17.3 Å². The Morgan fingerprint density at radius 1 is 1.23 bits per heavy atom. The van der Waals surface area contributed by atoms with E-state index in [0.717, 1.165) is 24.3 Å². The van der Waals surface area contributed by atoms with Gasteiger partial charge in [0.05, 0.1) is 17.6 Å². The van der Waals surface area contributed by atoms with Gasteiger partial charge in [-0.2, -0.15) is 20.3 Å². The third-order valence-corrected chi connectivity index (χ3v) is 4.40. The molecule has 0 aliphatic rings. The summed E-state index contributed by atoms with van der Waals surface area (Å²) in [7, 11) is 0. The highest BCUT2D eigenvalue weighted by atomic mass is 35.5. The van der Waals surface area contributed by atoms with E-state index < -0.39 is 23.6 Å². The van der Waals surface area contributed by atoms with E-state index in [1.54, 1.807) is 6.07 Å². The SMILES string of the molecule is CC(C#N)(Cn1nc2cc(Cl)cc(Cl)c2n1)NC(=O)c1ccc(OC(F)(F)F)cc1. The summed E-state index contributed by atoms with van der Waals surface area (Å²) in [5.74, 6) is -1.14. The second-order valence-electron chi connectivity index (χ2n) is 6.46. The molecule has 1 N–H and O–H groups in total. The van der Waals surface area contributed by atoms with Gasteiger partial charge < -0.3 is 10.1 Å². The third kappa shape index (κ3) is 5.11. The van der Waals surface area contributed by atoms with E-state index in [0.29, 0.717) is 16.1 Å². The lowest BCUT2D eigenvalue weighted by Gasteiger charge is -2.22. The molecule has 2 aromatic carbocycles. The highest BCUT2D eigenvalue weighted by Crippen LogP contribution is 2.26. The molecule has 0 aliphatic carbocycles. The van der Waals surface area contributed by atoms with Crippen molar-refractivity contribution in [3.63, 3.8) is 0 Å². The van der Waals surface area contributed by atoms with Gasteiger partial charge in [-0.25, -0.2) is 0 Å². The van der Waals surface area contributed by atoms with Gasteiger partial charge >= 0.3 is 6.36 Å². The van der Waals surface area contributed by atoms with Crippen molar-refractivity contribution in [2.24, 2.45) is 0 Å². The number of halogens is 5. The fourth-order valence-electron chi connectivity index (χ4n) is 2.58. The number of fused-ring (bicyclic) bond motifs is 1. The van der Waals surface area contributed by atoms with Gasteiger partial charge in [0.25, 0.3) is 5.91 Å². The molecule has 1 heterocycles. The molecule has 0 spiro atoms. The van der Waals surface area contributed by atoms with E-state index in [-0.39, 0.29) is 17.1 Å². The van der Waals surface area contributed by atoms with Crippen LogP contribution in [0.25, 0.3) is 11.0 Å². The number of nitrogens with one attached hydrogen (secondary N) is 1.